The fourth-order valence-corrected chi connectivity index (χ4v) is 0.921. The predicted octanol–water partition coefficient (Wildman–Crippen LogP) is -1.28. The third-order valence-corrected chi connectivity index (χ3v) is 1.66. The van der Waals surface area contributed by atoms with Crippen LogP contribution in [-0.2, 0) is 19.2 Å². The summed E-state index contributed by atoms with van der Waals surface area (Å²) in [7, 11) is 0. The molecule has 2 N–H and O–H groups in total. The quantitative estimate of drug-likeness (QED) is 0.384. The third-order valence-electron chi connectivity index (χ3n) is 1.66. The van der Waals surface area contributed by atoms with E-state index in [-0.39, 0.29) is 29.7 Å². The number of carbonyl (C=O) groups is 4. The molecule has 0 aromatic carbocycles. The maximum absolute atomic E-state index is 10.2. The van der Waals surface area contributed by atoms with Crippen molar-refractivity contribution in [1.82, 2.24) is 10.4 Å². The van der Waals surface area contributed by atoms with E-state index < -0.39 is 11.8 Å². The molecule has 0 aromatic rings. The molecule has 2 heterocycles. The molecule has 4 amide bonds. The largest absolute Gasteiger partial charge is 0.289 e. The molecule has 1 saturated heterocycles. The molecule has 7 nitrogen and oxygen atoms in total. The first-order valence-corrected chi connectivity index (χ1v) is 4.08. The molecule has 0 radical (unpaired) electrons. The number of hydroxylamine groups is 2. The molecule has 15 heavy (non-hydrogen) atoms. The minimum atomic E-state index is -0.505. The van der Waals surface area contributed by atoms with E-state index in [2.05, 4.69) is 0 Å². The first-order valence-electron chi connectivity index (χ1n) is 4.08. The van der Waals surface area contributed by atoms with E-state index in [1.54, 1.807) is 0 Å². The summed E-state index contributed by atoms with van der Waals surface area (Å²) in [5, 5.41) is 10.6. The van der Waals surface area contributed by atoms with E-state index in [1.165, 1.54) is 12.2 Å². The first kappa shape index (κ1) is 11.1. The van der Waals surface area contributed by atoms with Gasteiger partial charge in [-0.1, -0.05) is 0 Å². The highest BCUT2D eigenvalue weighted by molar-refractivity contribution is 6.12. The Morgan fingerprint density at radius 3 is 1.53 bits per heavy atom. The van der Waals surface area contributed by atoms with Gasteiger partial charge in [0, 0.05) is 25.0 Å². The number of imide groups is 2. The standard InChI is InChI=1S/C4H5NO3.C4H3NO2/c6-3-1-2-4(7)5(3)8;6-3-1-2-4(7)5-3/h8H,1-2H2;1-2H,(H,5,6,7). The van der Waals surface area contributed by atoms with Gasteiger partial charge >= 0.3 is 0 Å². The van der Waals surface area contributed by atoms with Crippen molar-refractivity contribution in [3.05, 3.63) is 12.2 Å². The van der Waals surface area contributed by atoms with Crippen LogP contribution in [0.2, 0.25) is 0 Å². The van der Waals surface area contributed by atoms with Crippen molar-refractivity contribution in [1.29, 1.82) is 0 Å². The number of hydrogen-bond acceptors (Lipinski definition) is 5. The second-order valence-electron chi connectivity index (χ2n) is 2.79. The number of nitrogens with zero attached hydrogens (tertiary/aromatic N) is 1. The summed E-state index contributed by atoms with van der Waals surface area (Å²) in [6.45, 7) is 0. The predicted molar refractivity (Wildman–Crippen MR) is 45.2 cm³/mol. The number of carbonyl (C=O) groups excluding carboxylic acids is 4. The van der Waals surface area contributed by atoms with Gasteiger partial charge in [0.1, 0.15) is 0 Å². The Hall–Kier alpha value is -2.02. The van der Waals surface area contributed by atoms with Crippen LogP contribution in [0, 0.1) is 0 Å². The van der Waals surface area contributed by atoms with Crippen molar-refractivity contribution in [3.8, 4) is 0 Å². The second kappa shape index (κ2) is 4.47. The van der Waals surface area contributed by atoms with E-state index in [0.717, 1.165) is 0 Å². The second-order valence-corrected chi connectivity index (χ2v) is 2.79. The number of hydrogen-bond donors (Lipinski definition) is 2. The highest BCUT2D eigenvalue weighted by atomic mass is 16.5. The summed E-state index contributed by atoms with van der Waals surface area (Å²) in [6, 6.07) is 0. The van der Waals surface area contributed by atoms with Gasteiger partial charge < -0.3 is 0 Å². The lowest BCUT2D eigenvalue weighted by atomic mass is 10.4. The Morgan fingerprint density at radius 1 is 1.00 bits per heavy atom. The van der Waals surface area contributed by atoms with Gasteiger partial charge in [0.2, 0.25) is 0 Å². The molecule has 2 aliphatic rings. The number of rotatable bonds is 0. The summed E-state index contributed by atoms with van der Waals surface area (Å²) in [5.41, 5.74) is 0. The Kier molecular flexibility index (Phi) is 3.29. The molecule has 0 atom stereocenters. The number of amides is 4. The van der Waals surface area contributed by atoms with Crippen LogP contribution in [0.3, 0.4) is 0 Å². The molecule has 80 valence electrons. The average molecular weight is 212 g/mol. The van der Waals surface area contributed by atoms with Crippen molar-refractivity contribution in [2.75, 3.05) is 0 Å². The summed E-state index contributed by atoms with van der Waals surface area (Å²) in [4.78, 5) is 40.5. The van der Waals surface area contributed by atoms with Gasteiger partial charge in [0.05, 0.1) is 0 Å². The lowest BCUT2D eigenvalue weighted by Gasteiger charge is -1.98. The zero-order valence-electron chi connectivity index (χ0n) is 7.60. The SMILES string of the molecule is O=C1C=CC(=O)N1.O=C1CCC(=O)N1O. The van der Waals surface area contributed by atoms with Crippen LogP contribution in [-0.4, -0.2) is 33.9 Å². The Bertz CT molecular complexity index is 328. The summed E-state index contributed by atoms with van der Waals surface area (Å²) >= 11 is 0. The number of nitrogens with one attached hydrogen (secondary N) is 1. The van der Waals surface area contributed by atoms with E-state index in [9.17, 15) is 19.2 Å². The van der Waals surface area contributed by atoms with Gasteiger partial charge in [-0.2, -0.15) is 5.06 Å². The van der Waals surface area contributed by atoms with E-state index >= 15 is 0 Å². The van der Waals surface area contributed by atoms with Gasteiger partial charge in [-0.15, -0.1) is 0 Å². The lowest BCUT2D eigenvalue weighted by molar-refractivity contribution is -0.171. The van der Waals surface area contributed by atoms with E-state index in [0.29, 0.717) is 0 Å². The lowest BCUT2D eigenvalue weighted by Crippen LogP contribution is -2.24. The molecule has 0 saturated carbocycles. The fourth-order valence-electron chi connectivity index (χ4n) is 0.921. The summed E-state index contributed by atoms with van der Waals surface area (Å²) in [5.74, 6) is -1.67. The molecule has 0 aliphatic carbocycles. The van der Waals surface area contributed by atoms with Crippen LogP contribution in [0.25, 0.3) is 0 Å². The van der Waals surface area contributed by atoms with Gasteiger partial charge in [0.15, 0.2) is 0 Å². The van der Waals surface area contributed by atoms with Crippen molar-refractivity contribution < 1.29 is 24.4 Å². The minimum Gasteiger partial charge on any atom is -0.289 e. The molecule has 0 aromatic heterocycles. The summed E-state index contributed by atoms with van der Waals surface area (Å²) in [6.07, 6.45) is 2.69. The van der Waals surface area contributed by atoms with E-state index in [4.69, 9.17) is 5.21 Å². The third kappa shape index (κ3) is 2.99. The highest BCUT2D eigenvalue weighted by Gasteiger charge is 2.26. The topological polar surface area (TPSA) is 104 Å². The van der Waals surface area contributed by atoms with Gasteiger partial charge in [-0.25, -0.2) is 0 Å². The maximum Gasteiger partial charge on any atom is 0.253 e. The van der Waals surface area contributed by atoms with Crippen molar-refractivity contribution in [3.63, 3.8) is 0 Å². The Labute approximate surface area is 84.3 Å². The normalized spacial score (nSPS) is 19.1. The molecular formula is C8H8N2O5. The van der Waals surface area contributed by atoms with E-state index in [1.807, 2.05) is 5.32 Å². The van der Waals surface area contributed by atoms with Crippen LogP contribution < -0.4 is 5.32 Å². The fraction of sp³-hybridized carbons (Fsp3) is 0.250. The van der Waals surface area contributed by atoms with Crippen LogP contribution in [0.1, 0.15) is 12.8 Å². The molecule has 2 rings (SSSR count). The molecular weight excluding hydrogens is 204 g/mol. The smallest absolute Gasteiger partial charge is 0.253 e. The highest BCUT2D eigenvalue weighted by Crippen LogP contribution is 2.06. The molecule has 7 heteroatoms. The monoisotopic (exact) mass is 212 g/mol. The van der Waals surface area contributed by atoms with Crippen molar-refractivity contribution in [2.45, 2.75) is 12.8 Å². The summed E-state index contributed by atoms with van der Waals surface area (Å²) < 4.78 is 0. The first-order chi connectivity index (χ1) is 7.00. The maximum atomic E-state index is 10.2. The molecule has 0 bridgehead atoms. The molecule has 0 spiro atoms. The average Bonchev–Trinajstić information content (AvgIpc) is 2.68. The van der Waals surface area contributed by atoms with Gasteiger partial charge in [-0.05, 0) is 0 Å². The zero-order chi connectivity index (χ0) is 11.4. The minimum absolute atomic E-state index is 0.148. The van der Waals surface area contributed by atoms with Crippen LogP contribution in [0.5, 0.6) is 0 Å². The Morgan fingerprint density at radius 2 is 1.40 bits per heavy atom. The van der Waals surface area contributed by atoms with Gasteiger partial charge in [-0.3, -0.25) is 29.7 Å². The zero-order valence-corrected chi connectivity index (χ0v) is 7.60. The van der Waals surface area contributed by atoms with Crippen LogP contribution >= 0.6 is 0 Å². The molecule has 1 fully saturated rings. The van der Waals surface area contributed by atoms with Crippen molar-refractivity contribution >= 4 is 23.6 Å². The van der Waals surface area contributed by atoms with Crippen LogP contribution in [0.15, 0.2) is 12.2 Å². The Balaban J connectivity index is 0.000000151. The van der Waals surface area contributed by atoms with Crippen molar-refractivity contribution in [2.24, 2.45) is 0 Å². The molecule has 2 aliphatic heterocycles. The molecule has 0 unspecified atom stereocenters. The van der Waals surface area contributed by atoms with Gasteiger partial charge in [0.25, 0.3) is 23.6 Å². The van der Waals surface area contributed by atoms with Crippen LogP contribution in [0.4, 0.5) is 0 Å².